The summed E-state index contributed by atoms with van der Waals surface area (Å²) in [6.45, 7) is 2.79. The Balaban J connectivity index is 2.38. The van der Waals surface area contributed by atoms with Gasteiger partial charge < -0.3 is 15.8 Å². The number of ether oxygens (including phenoxy) is 1. The Hall–Kier alpha value is -3.03. The molecule has 3 N–H and O–H groups in total. The number of carbonyl (C=O) groups is 2. The summed E-state index contributed by atoms with van der Waals surface area (Å²) in [6.07, 6.45) is -6.27. The van der Waals surface area contributed by atoms with E-state index in [-0.39, 0.29) is 11.1 Å². The number of nitrogens with one attached hydrogen (secondary N) is 1. The summed E-state index contributed by atoms with van der Waals surface area (Å²) < 4.78 is 44.6. The molecule has 0 saturated carbocycles. The molecule has 0 bridgehead atoms. The van der Waals surface area contributed by atoms with Crippen LogP contribution in [0.4, 0.5) is 18.9 Å². The fourth-order valence-electron chi connectivity index (χ4n) is 2.30. The van der Waals surface area contributed by atoms with Crippen molar-refractivity contribution in [3.05, 3.63) is 64.7 Å². The number of rotatable bonds is 4. The van der Waals surface area contributed by atoms with Crippen LogP contribution in [-0.4, -0.2) is 11.9 Å². The second-order valence-corrected chi connectivity index (χ2v) is 5.62. The van der Waals surface area contributed by atoms with Crippen molar-refractivity contribution in [3.63, 3.8) is 0 Å². The van der Waals surface area contributed by atoms with E-state index in [1.54, 1.807) is 13.0 Å². The van der Waals surface area contributed by atoms with Crippen molar-refractivity contribution < 1.29 is 27.5 Å². The number of alkyl halides is 3. The lowest BCUT2D eigenvalue weighted by atomic mass is 10.0. The van der Waals surface area contributed by atoms with Crippen molar-refractivity contribution >= 4 is 17.6 Å². The Morgan fingerprint density at radius 3 is 2.38 bits per heavy atom. The average molecular weight is 366 g/mol. The first-order valence-electron chi connectivity index (χ1n) is 7.60. The molecule has 1 amide bonds. The normalized spacial score (nSPS) is 12.3. The maximum absolute atomic E-state index is 13.2. The summed E-state index contributed by atoms with van der Waals surface area (Å²) in [4.78, 5) is 23.7. The van der Waals surface area contributed by atoms with Gasteiger partial charge in [-0.2, -0.15) is 13.2 Å². The van der Waals surface area contributed by atoms with Gasteiger partial charge in [0.2, 0.25) is 6.23 Å². The molecule has 0 aromatic heterocycles. The standard InChI is InChI=1S/C18H17F3N2O3/c1-10-7-8-12(9-15(10)22)16(25)23-17(26-11(2)24)13-5-3-4-6-14(13)18(19,20)21/h3-9,17H,22H2,1-2H3,(H,23,25). The molecule has 0 aliphatic heterocycles. The number of amides is 1. The maximum Gasteiger partial charge on any atom is 0.416 e. The van der Waals surface area contributed by atoms with Crippen LogP contribution in [0.1, 0.15) is 40.2 Å². The number of carbonyl (C=O) groups excluding carboxylic acids is 2. The van der Waals surface area contributed by atoms with E-state index in [4.69, 9.17) is 10.5 Å². The minimum atomic E-state index is -4.67. The van der Waals surface area contributed by atoms with E-state index >= 15 is 0 Å². The molecule has 1 unspecified atom stereocenters. The van der Waals surface area contributed by atoms with E-state index in [0.717, 1.165) is 24.6 Å². The molecular formula is C18H17F3N2O3. The highest BCUT2D eigenvalue weighted by atomic mass is 19.4. The summed E-state index contributed by atoms with van der Waals surface area (Å²) in [5, 5.41) is 2.30. The first-order chi connectivity index (χ1) is 12.1. The molecule has 5 nitrogen and oxygen atoms in total. The van der Waals surface area contributed by atoms with E-state index in [9.17, 15) is 22.8 Å². The number of nitrogens with two attached hydrogens (primary N) is 1. The van der Waals surface area contributed by atoms with Crippen LogP contribution >= 0.6 is 0 Å². The van der Waals surface area contributed by atoms with Crippen molar-refractivity contribution in [1.29, 1.82) is 0 Å². The van der Waals surface area contributed by atoms with Crippen LogP contribution in [0.15, 0.2) is 42.5 Å². The predicted molar refractivity (Wildman–Crippen MR) is 89.0 cm³/mol. The average Bonchev–Trinajstić information content (AvgIpc) is 2.55. The highest BCUT2D eigenvalue weighted by Gasteiger charge is 2.36. The molecule has 0 radical (unpaired) electrons. The van der Waals surface area contributed by atoms with Gasteiger partial charge in [0.15, 0.2) is 0 Å². The van der Waals surface area contributed by atoms with E-state index in [2.05, 4.69) is 5.32 Å². The highest BCUT2D eigenvalue weighted by Crippen LogP contribution is 2.35. The topological polar surface area (TPSA) is 81.4 Å². The van der Waals surface area contributed by atoms with Crippen LogP contribution < -0.4 is 11.1 Å². The SMILES string of the molecule is CC(=O)OC(NC(=O)c1ccc(C)c(N)c1)c1ccccc1C(F)(F)F. The van der Waals surface area contributed by atoms with Crippen LogP contribution in [0, 0.1) is 6.92 Å². The molecular weight excluding hydrogens is 349 g/mol. The smallest absolute Gasteiger partial charge is 0.416 e. The fourth-order valence-corrected chi connectivity index (χ4v) is 2.30. The fraction of sp³-hybridized carbons (Fsp3) is 0.222. The number of hydrogen-bond donors (Lipinski definition) is 2. The lowest BCUT2D eigenvalue weighted by molar-refractivity contribution is -0.151. The molecule has 2 aromatic carbocycles. The van der Waals surface area contributed by atoms with Crippen LogP contribution in [0.25, 0.3) is 0 Å². The lowest BCUT2D eigenvalue weighted by Gasteiger charge is -2.22. The van der Waals surface area contributed by atoms with Crippen molar-refractivity contribution in [2.24, 2.45) is 0 Å². The second-order valence-electron chi connectivity index (χ2n) is 5.62. The van der Waals surface area contributed by atoms with Gasteiger partial charge in [0, 0.05) is 23.7 Å². The molecule has 138 valence electrons. The molecule has 2 rings (SSSR count). The van der Waals surface area contributed by atoms with Crippen LogP contribution in [0.5, 0.6) is 0 Å². The molecule has 0 fully saturated rings. The molecule has 0 saturated heterocycles. The Labute approximate surface area is 148 Å². The number of anilines is 1. The molecule has 0 aliphatic rings. The van der Waals surface area contributed by atoms with E-state index < -0.39 is 29.8 Å². The molecule has 26 heavy (non-hydrogen) atoms. The number of esters is 1. The number of halogens is 3. The quantitative estimate of drug-likeness (QED) is 0.492. The third kappa shape index (κ3) is 4.53. The Morgan fingerprint density at radius 1 is 1.15 bits per heavy atom. The predicted octanol–water partition coefficient (Wildman–Crippen LogP) is 3.59. The van der Waals surface area contributed by atoms with Crippen molar-refractivity contribution in [1.82, 2.24) is 5.32 Å². The number of hydrogen-bond acceptors (Lipinski definition) is 4. The number of aryl methyl sites for hydroxylation is 1. The van der Waals surface area contributed by atoms with E-state index in [0.29, 0.717) is 5.69 Å². The summed E-state index contributed by atoms with van der Waals surface area (Å²) in [6, 6.07) is 9.03. The first-order valence-corrected chi connectivity index (χ1v) is 7.60. The molecule has 0 heterocycles. The van der Waals surface area contributed by atoms with Gasteiger partial charge in [-0.25, -0.2) is 0 Å². The zero-order valence-electron chi connectivity index (χ0n) is 14.1. The lowest BCUT2D eigenvalue weighted by Crippen LogP contribution is -2.33. The molecule has 2 aromatic rings. The minimum absolute atomic E-state index is 0.134. The number of nitrogen functional groups attached to an aromatic ring is 1. The molecule has 0 spiro atoms. The third-order valence-corrected chi connectivity index (χ3v) is 3.64. The Morgan fingerprint density at radius 2 is 1.81 bits per heavy atom. The summed E-state index contributed by atoms with van der Waals surface area (Å²) in [5.41, 5.74) is 5.62. The van der Waals surface area contributed by atoms with E-state index in [1.807, 2.05) is 0 Å². The van der Waals surface area contributed by atoms with Gasteiger partial charge in [0.1, 0.15) is 0 Å². The van der Waals surface area contributed by atoms with Gasteiger partial charge in [-0.05, 0) is 30.7 Å². The summed E-state index contributed by atoms with van der Waals surface area (Å²) in [5.74, 6) is -1.56. The Bertz CT molecular complexity index is 835. The van der Waals surface area contributed by atoms with Crippen molar-refractivity contribution in [2.45, 2.75) is 26.3 Å². The van der Waals surface area contributed by atoms with Crippen LogP contribution in [-0.2, 0) is 15.7 Å². The van der Waals surface area contributed by atoms with Crippen LogP contribution in [0.2, 0.25) is 0 Å². The van der Waals surface area contributed by atoms with E-state index in [1.165, 1.54) is 24.3 Å². The highest BCUT2D eigenvalue weighted by molar-refractivity contribution is 5.95. The van der Waals surface area contributed by atoms with Gasteiger partial charge in [-0.15, -0.1) is 0 Å². The minimum Gasteiger partial charge on any atom is -0.437 e. The molecule has 1 atom stereocenters. The van der Waals surface area contributed by atoms with Crippen LogP contribution in [0.3, 0.4) is 0 Å². The Kier molecular flexibility index (Phi) is 5.54. The van der Waals surface area contributed by atoms with Crippen molar-refractivity contribution in [3.8, 4) is 0 Å². The number of benzene rings is 2. The first kappa shape index (κ1) is 19.3. The van der Waals surface area contributed by atoms with Gasteiger partial charge in [-0.3, -0.25) is 9.59 Å². The zero-order valence-corrected chi connectivity index (χ0v) is 14.1. The summed E-state index contributed by atoms with van der Waals surface area (Å²) >= 11 is 0. The zero-order chi connectivity index (χ0) is 19.5. The van der Waals surface area contributed by atoms with Gasteiger partial charge >= 0.3 is 12.1 Å². The second kappa shape index (κ2) is 7.47. The van der Waals surface area contributed by atoms with Gasteiger partial charge in [0.25, 0.3) is 5.91 Å². The van der Waals surface area contributed by atoms with Crippen molar-refractivity contribution in [2.75, 3.05) is 5.73 Å². The molecule has 0 aliphatic carbocycles. The summed E-state index contributed by atoms with van der Waals surface area (Å²) in [7, 11) is 0. The van der Waals surface area contributed by atoms with Gasteiger partial charge in [-0.1, -0.05) is 24.3 Å². The monoisotopic (exact) mass is 366 g/mol. The van der Waals surface area contributed by atoms with Gasteiger partial charge in [0.05, 0.1) is 5.56 Å². The largest absolute Gasteiger partial charge is 0.437 e. The molecule has 8 heteroatoms. The maximum atomic E-state index is 13.2. The third-order valence-electron chi connectivity index (χ3n) is 3.64.